The van der Waals surface area contributed by atoms with Gasteiger partial charge < -0.3 is 18.9 Å². The van der Waals surface area contributed by atoms with Gasteiger partial charge in [0.05, 0.1) is 38.7 Å². The largest absolute Gasteiger partial charge is 0.491 e. The summed E-state index contributed by atoms with van der Waals surface area (Å²) in [5, 5.41) is 0. The van der Waals surface area contributed by atoms with Crippen molar-refractivity contribution in [2.24, 2.45) is 4.99 Å². The van der Waals surface area contributed by atoms with Crippen LogP contribution in [0, 0.1) is 9.39 Å². The fourth-order valence-corrected chi connectivity index (χ4v) is 6.99. The van der Waals surface area contributed by atoms with Gasteiger partial charge >= 0.3 is 5.97 Å². The lowest BCUT2D eigenvalue weighted by Crippen LogP contribution is -2.40. The molecule has 1 aliphatic heterocycles. The minimum absolute atomic E-state index is 0.129. The summed E-state index contributed by atoms with van der Waals surface area (Å²) in [6.45, 7) is 9.95. The van der Waals surface area contributed by atoms with E-state index >= 15 is 0 Å². The minimum Gasteiger partial charge on any atom is -0.491 e. The van der Waals surface area contributed by atoms with Crippen molar-refractivity contribution in [2.45, 2.75) is 53.4 Å². The maximum Gasteiger partial charge on any atom is 0.338 e. The minimum atomic E-state index is -0.801. The molecule has 46 heavy (non-hydrogen) atoms. The van der Waals surface area contributed by atoms with Crippen LogP contribution in [0.3, 0.4) is 0 Å². The third-order valence-electron chi connectivity index (χ3n) is 6.99. The van der Waals surface area contributed by atoms with Crippen molar-refractivity contribution in [3.63, 3.8) is 0 Å². The van der Waals surface area contributed by atoms with Crippen LogP contribution in [0.1, 0.15) is 57.4 Å². The average molecular weight is 757 g/mol. The summed E-state index contributed by atoms with van der Waals surface area (Å²) in [6.07, 6.45) is 1.65. The molecule has 0 saturated carbocycles. The summed E-state index contributed by atoms with van der Waals surface area (Å²) in [7, 11) is 0. The van der Waals surface area contributed by atoms with Gasteiger partial charge in [0.2, 0.25) is 0 Å². The third-order valence-corrected chi connectivity index (χ3v) is 8.78. The number of esters is 1. The highest BCUT2D eigenvalue weighted by Gasteiger charge is 2.35. The van der Waals surface area contributed by atoms with Crippen molar-refractivity contribution in [1.29, 1.82) is 0 Å². The van der Waals surface area contributed by atoms with Gasteiger partial charge in [0.1, 0.15) is 24.2 Å². The van der Waals surface area contributed by atoms with Gasteiger partial charge in [0.15, 0.2) is 16.3 Å². The lowest BCUT2D eigenvalue weighted by molar-refractivity contribution is -0.139. The lowest BCUT2D eigenvalue weighted by atomic mass is 9.95. The van der Waals surface area contributed by atoms with Crippen molar-refractivity contribution in [3.8, 4) is 17.2 Å². The van der Waals surface area contributed by atoms with Crippen LogP contribution in [0.4, 0.5) is 4.39 Å². The molecule has 3 aromatic carbocycles. The average Bonchev–Trinajstić information content (AvgIpc) is 3.30. The lowest BCUT2D eigenvalue weighted by Gasteiger charge is -2.26. The van der Waals surface area contributed by atoms with Crippen LogP contribution < -0.4 is 29.1 Å². The Labute approximate surface area is 283 Å². The zero-order chi connectivity index (χ0) is 33.0. The van der Waals surface area contributed by atoms with Gasteiger partial charge in [-0.2, -0.15) is 0 Å². The van der Waals surface area contributed by atoms with E-state index in [1.807, 2.05) is 57.2 Å². The summed E-state index contributed by atoms with van der Waals surface area (Å²) in [5.74, 6) is 0.732. The molecule has 1 atom stereocenters. The molecule has 8 nitrogen and oxygen atoms in total. The smallest absolute Gasteiger partial charge is 0.338 e. The van der Waals surface area contributed by atoms with Crippen LogP contribution in [-0.4, -0.2) is 29.9 Å². The Kier molecular flexibility index (Phi) is 10.6. The number of hydrogen-bond donors (Lipinski definition) is 0. The number of halogens is 2. The quantitative estimate of drug-likeness (QED) is 0.132. The first kappa shape index (κ1) is 33.4. The molecule has 1 aromatic heterocycles. The van der Waals surface area contributed by atoms with E-state index in [1.165, 1.54) is 23.5 Å². The number of benzene rings is 3. The maximum absolute atomic E-state index is 14.2. The molecule has 1 aliphatic rings. The Morgan fingerprint density at radius 3 is 2.57 bits per heavy atom. The Hall–Kier alpha value is -3.97. The number of ether oxygens (including phenoxy) is 4. The summed E-state index contributed by atoms with van der Waals surface area (Å²) >= 11 is 3.40. The number of nitrogens with zero attached hydrogens (tertiary/aromatic N) is 2. The zero-order valence-corrected chi connectivity index (χ0v) is 29.1. The van der Waals surface area contributed by atoms with E-state index in [-0.39, 0.29) is 36.3 Å². The Balaban J connectivity index is 1.62. The first-order valence-corrected chi connectivity index (χ1v) is 16.8. The number of fused-ring (bicyclic) bond motifs is 1. The molecule has 0 unspecified atom stereocenters. The number of thiazole rings is 1. The first-order valence-electron chi connectivity index (χ1n) is 14.9. The molecule has 0 aliphatic carbocycles. The highest BCUT2D eigenvalue weighted by molar-refractivity contribution is 14.1. The Morgan fingerprint density at radius 2 is 1.85 bits per heavy atom. The van der Waals surface area contributed by atoms with E-state index in [0.717, 1.165) is 9.13 Å². The number of aromatic nitrogens is 1. The SMILES string of the molecule is CCOC(=O)C1=C(C)N=c2s/c(=C/c3cc(I)c(OCc4cccc(F)c4)c(OCC)c3)c(=O)n2[C@@H]1c1ccccc1OC(C)C. The second-order valence-electron chi connectivity index (χ2n) is 10.7. The van der Waals surface area contributed by atoms with Crippen molar-refractivity contribution >= 4 is 46.0 Å². The van der Waals surface area contributed by atoms with Crippen LogP contribution in [0.15, 0.2) is 81.7 Å². The molecule has 11 heteroatoms. The van der Waals surface area contributed by atoms with E-state index in [9.17, 15) is 14.0 Å². The number of hydrogen-bond acceptors (Lipinski definition) is 8. The third kappa shape index (κ3) is 7.20. The van der Waals surface area contributed by atoms with Gasteiger partial charge in [-0.1, -0.05) is 41.7 Å². The number of carbonyl (C=O) groups is 1. The van der Waals surface area contributed by atoms with Crippen LogP contribution in [-0.2, 0) is 16.1 Å². The molecule has 0 N–H and O–H groups in total. The summed E-state index contributed by atoms with van der Waals surface area (Å²) in [4.78, 5) is 32.7. The second-order valence-corrected chi connectivity index (χ2v) is 12.9. The molecule has 0 bridgehead atoms. The summed E-state index contributed by atoms with van der Waals surface area (Å²) in [5.41, 5.74) is 2.53. The molecule has 0 spiro atoms. The molecular formula is C35H34FIN2O6S. The number of carbonyl (C=O) groups excluding carboxylic acids is 1. The highest BCUT2D eigenvalue weighted by atomic mass is 127. The summed E-state index contributed by atoms with van der Waals surface area (Å²) in [6, 6.07) is 16.5. The molecule has 0 radical (unpaired) electrons. The van der Waals surface area contributed by atoms with Gasteiger partial charge in [-0.15, -0.1) is 0 Å². The second kappa shape index (κ2) is 14.6. The van der Waals surface area contributed by atoms with Crippen LogP contribution in [0.5, 0.6) is 17.2 Å². The topological polar surface area (TPSA) is 88.4 Å². The van der Waals surface area contributed by atoms with E-state index in [2.05, 4.69) is 27.6 Å². The molecule has 2 heterocycles. The van der Waals surface area contributed by atoms with Gasteiger partial charge in [-0.3, -0.25) is 9.36 Å². The van der Waals surface area contributed by atoms with Gasteiger partial charge in [-0.05, 0) is 105 Å². The molecular weight excluding hydrogens is 722 g/mol. The van der Waals surface area contributed by atoms with Crippen molar-refractivity contribution < 1.29 is 28.1 Å². The molecule has 0 saturated heterocycles. The first-order chi connectivity index (χ1) is 22.1. The molecule has 4 aromatic rings. The number of rotatable bonds is 11. The van der Waals surface area contributed by atoms with E-state index in [1.54, 1.807) is 36.6 Å². The predicted octanol–water partition coefficient (Wildman–Crippen LogP) is 6.31. The van der Waals surface area contributed by atoms with Crippen molar-refractivity contribution in [3.05, 3.63) is 118 Å². The van der Waals surface area contributed by atoms with Crippen LogP contribution in [0.2, 0.25) is 0 Å². The monoisotopic (exact) mass is 756 g/mol. The highest BCUT2D eigenvalue weighted by Crippen LogP contribution is 2.37. The molecule has 5 rings (SSSR count). The standard InChI is InChI=1S/C35H34FIN2O6S/c1-6-42-28-17-23(16-26(37)32(28)44-19-22-11-10-12-24(36)15-22)18-29-33(40)39-31(25-13-8-9-14-27(25)45-20(3)4)30(34(41)43-7-2)21(5)38-35(39)46-29/h8-18,20,31H,6-7,19H2,1-5H3/b29-18+/t31-/m1/s1. The van der Waals surface area contributed by atoms with E-state index < -0.39 is 12.0 Å². The summed E-state index contributed by atoms with van der Waals surface area (Å²) < 4.78 is 40.0. The van der Waals surface area contributed by atoms with Gasteiger partial charge in [0, 0.05) is 5.56 Å². The van der Waals surface area contributed by atoms with Gasteiger partial charge in [-0.25, -0.2) is 14.2 Å². The normalized spacial score (nSPS) is 14.6. The van der Waals surface area contributed by atoms with E-state index in [0.29, 0.717) is 50.0 Å². The fraction of sp³-hybridized carbons (Fsp3) is 0.286. The van der Waals surface area contributed by atoms with Crippen LogP contribution >= 0.6 is 33.9 Å². The van der Waals surface area contributed by atoms with Crippen molar-refractivity contribution in [1.82, 2.24) is 4.57 Å². The van der Waals surface area contributed by atoms with Crippen molar-refractivity contribution in [2.75, 3.05) is 13.2 Å². The molecule has 0 amide bonds. The fourth-order valence-electron chi connectivity index (χ4n) is 5.16. The maximum atomic E-state index is 14.2. The van der Waals surface area contributed by atoms with E-state index in [4.69, 9.17) is 18.9 Å². The Bertz CT molecular complexity index is 1980. The molecule has 0 fully saturated rings. The number of allylic oxidation sites excluding steroid dienone is 1. The molecule has 240 valence electrons. The predicted molar refractivity (Wildman–Crippen MR) is 184 cm³/mol. The zero-order valence-electron chi connectivity index (χ0n) is 26.1. The number of para-hydroxylation sites is 1. The van der Waals surface area contributed by atoms with Crippen LogP contribution in [0.25, 0.3) is 6.08 Å². The van der Waals surface area contributed by atoms with Gasteiger partial charge in [0.25, 0.3) is 5.56 Å². The Morgan fingerprint density at radius 1 is 1.07 bits per heavy atom.